The number of likely N-dealkylation sites (tertiary alicyclic amines) is 1. The molecule has 1 saturated carbocycles. The first-order valence-corrected chi connectivity index (χ1v) is 15.4. The average molecular weight is 626 g/mol. The van der Waals surface area contributed by atoms with E-state index in [1.54, 1.807) is 19.9 Å². The van der Waals surface area contributed by atoms with Gasteiger partial charge in [-0.25, -0.2) is 8.78 Å². The molecular weight excluding hydrogens is 592 g/mol. The minimum atomic E-state index is -2.80. The van der Waals surface area contributed by atoms with E-state index in [1.807, 2.05) is 19.2 Å². The first-order chi connectivity index (χ1) is 19.8. The molecule has 2 fully saturated rings. The number of nitrogens with one attached hydrogen (secondary N) is 2. The molecule has 1 saturated heterocycles. The van der Waals surface area contributed by atoms with Crippen LogP contribution >= 0.6 is 23.4 Å². The lowest BCUT2D eigenvalue weighted by molar-refractivity contribution is -0.172. The summed E-state index contributed by atoms with van der Waals surface area (Å²) in [6.45, 7) is 4.15. The summed E-state index contributed by atoms with van der Waals surface area (Å²) in [5.74, 6) is -3.86. The fourth-order valence-electron chi connectivity index (χ4n) is 5.77. The molecule has 1 unspecified atom stereocenters. The van der Waals surface area contributed by atoms with Gasteiger partial charge in [-0.2, -0.15) is 0 Å². The number of nitrogens with zero attached hydrogens (tertiary/aromatic N) is 1. The molecule has 42 heavy (non-hydrogen) atoms. The third-order valence-corrected chi connectivity index (χ3v) is 9.31. The number of carbonyl (C=O) groups excluding carboxylic acids is 2. The fourth-order valence-corrected chi connectivity index (χ4v) is 6.71. The van der Waals surface area contributed by atoms with E-state index in [0.29, 0.717) is 53.9 Å². The lowest BCUT2D eigenvalue weighted by atomic mass is 9.82. The Labute approximate surface area is 251 Å². The number of aromatic nitrogens is 1. The van der Waals surface area contributed by atoms with Gasteiger partial charge >= 0.3 is 0 Å². The molecule has 9 nitrogen and oxygen atoms in total. The number of alkyl halides is 2. The molecule has 0 spiro atoms. The van der Waals surface area contributed by atoms with E-state index in [-0.39, 0.29) is 35.8 Å². The predicted octanol–water partition coefficient (Wildman–Crippen LogP) is 4.84. The van der Waals surface area contributed by atoms with Gasteiger partial charge in [-0.05, 0) is 57.9 Å². The molecule has 2 aromatic rings. The molecule has 1 aromatic carbocycles. The van der Waals surface area contributed by atoms with Crippen LogP contribution in [-0.4, -0.2) is 65.5 Å². The molecule has 0 radical (unpaired) electrons. The molecule has 13 heteroatoms. The van der Waals surface area contributed by atoms with Crippen molar-refractivity contribution in [2.75, 3.05) is 26.0 Å². The third-order valence-electron chi connectivity index (χ3n) is 8.22. The number of fused-ring (bicyclic) bond motifs is 1. The van der Waals surface area contributed by atoms with Gasteiger partial charge in [0, 0.05) is 46.7 Å². The summed E-state index contributed by atoms with van der Waals surface area (Å²) >= 11 is 8.01. The van der Waals surface area contributed by atoms with Crippen molar-refractivity contribution in [2.24, 2.45) is 5.92 Å². The molecule has 1 aliphatic carbocycles. The molecule has 2 aliphatic heterocycles. The van der Waals surface area contributed by atoms with Gasteiger partial charge in [0.15, 0.2) is 11.5 Å². The Morgan fingerprint density at radius 2 is 1.83 bits per heavy atom. The van der Waals surface area contributed by atoms with Crippen LogP contribution in [0.1, 0.15) is 59.8 Å². The van der Waals surface area contributed by atoms with E-state index in [9.17, 15) is 23.2 Å². The van der Waals surface area contributed by atoms with Crippen molar-refractivity contribution in [1.82, 2.24) is 15.2 Å². The second kappa shape index (κ2) is 11.7. The number of benzene rings is 1. The minimum Gasteiger partial charge on any atom is -0.448 e. The average Bonchev–Trinajstić information content (AvgIpc) is 3.31. The van der Waals surface area contributed by atoms with Gasteiger partial charge in [-0.1, -0.05) is 11.6 Å². The zero-order chi connectivity index (χ0) is 30.4. The summed E-state index contributed by atoms with van der Waals surface area (Å²) < 4.78 is 44.4. The second-order valence-electron chi connectivity index (χ2n) is 11.3. The Morgan fingerprint density at radius 3 is 2.48 bits per heavy atom. The van der Waals surface area contributed by atoms with E-state index in [4.69, 9.17) is 25.8 Å². The number of hydrogen-bond acceptors (Lipinski definition) is 7. The topological polar surface area (TPSA) is 110 Å². The Balaban J connectivity index is 1.20. The highest BCUT2D eigenvalue weighted by atomic mass is 35.5. The summed E-state index contributed by atoms with van der Waals surface area (Å²) in [5.41, 5.74) is 1.87. The number of rotatable bonds is 8. The first kappa shape index (κ1) is 30.6. The number of amides is 2. The molecule has 3 heterocycles. The van der Waals surface area contributed by atoms with Crippen LogP contribution in [0.3, 0.4) is 0 Å². The molecule has 1 atom stereocenters. The molecule has 2 amide bonds. The van der Waals surface area contributed by atoms with Crippen molar-refractivity contribution in [3.63, 3.8) is 0 Å². The highest BCUT2D eigenvalue weighted by molar-refractivity contribution is 7.98. The second-order valence-corrected chi connectivity index (χ2v) is 12.6. The Bertz CT molecular complexity index is 1450. The summed E-state index contributed by atoms with van der Waals surface area (Å²) in [5, 5.41) is 3.08. The minimum absolute atomic E-state index is 0.0134. The van der Waals surface area contributed by atoms with E-state index in [0.717, 1.165) is 15.5 Å². The number of ether oxygens (including phenoxy) is 3. The van der Waals surface area contributed by atoms with Crippen molar-refractivity contribution in [1.29, 1.82) is 0 Å². The lowest BCUT2D eigenvalue weighted by Crippen LogP contribution is -2.59. The molecule has 3 aliphatic rings. The van der Waals surface area contributed by atoms with Gasteiger partial charge in [0.1, 0.15) is 6.61 Å². The fraction of sp³-hybridized carbons (Fsp3) is 0.552. The van der Waals surface area contributed by atoms with Gasteiger partial charge in [0.2, 0.25) is 5.91 Å². The van der Waals surface area contributed by atoms with Crippen LogP contribution in [0.15, 0.2) is 21.8 Å². The van der Waals surface area contributed by atoms with E-state index in [2.05, 4.69) is 10.3 Å². The van der Waals surface area contributed by atoms with Crippen LogP contribution in [0.5, 0.6) is 11.5 Å². The van der Waals surface area contributed by atoms with Crippen LogP contribution in [0.2, 0.25) is 5.02 Å². The zero-order valence-corrected chi connectivity index (χ0v) is 25.5. The standard InChI is InChI=1S/C29H34ClF2N3O6S/c1-15-9-22(42-4)20(27(38)34-15)11-33-26(37)19-10-21(30)25-24(16(19)2)40-28(3,41-25)17-5-7-18(8-6-17)39-12-23(36)35-13-29(31,32)14-35/h9-10,17-18H,5-8,11-14H2,1-4H3,(H,33,37)(H,34,38). The van der Waals surface area contributed by atoms with Crippen molar-refractivity contribution >= 4 is 35.2 Å². The molecular formula is C29H34ClF2N3O6S. The quantitative estimate of drug-likeness (QED) is 0.404. The Morgan fingerprint density at radius 1 is 1.17 bits per heavy atom. The molecule has 1 aromatic heterocycles. The van der Waals surface area contributed by atoms with Crippen molar-refractivity contribution in [2.45, 2.75) is 75.7 Å². The highest BCUT2D eigenvalue weighted by Gasteiger charge is 2.48. The number of thioether (sulfide) groups is 1. The molecule has 0 bridgehead atoms. The maximum atomic E-state index is 13.2. The van der Waals surface area contributed by atoms with Crippen LogP contribution in [0.4, 0.5) is 8.78 Å². The summed E-state index contributed by atoms with van der Waals surface area (Å²) in [4.78, 5) is 42.5. The summed E-state index contributed by atoms with van der Waals surface area (Å²) in [6, 6.07) is 3.41. The van der Waals surface area contributed by atoms with E-state index in [1.165, 1.54) is 11.8 Å². The predicted molar refractivity (Wildman–Crippen MR) is 154 cm³/mol. The maximum Gasteiger partial charge on any atom is 0.282 e. The number of carbonyl (C=O) groups is 2. The van der Waals surface area contributed by atoms with Crippen molar-refractivity contribution < 1.29 is 32.6 Å². The van der Waals surface area contributed by atoms with Gasteiger partial charge in [-0.15, -0.1) is 11.8 Å². The highest BCUT2D eigenvalue weighted by Crippen LogP contribution is 2.51. The molecule has 5 rings (SSSR count). The SMILES string of the molecule is CSc1cc(C)[nH]c(=O)c1CNC(=O)c1cc(Cl)c2c(c1C)OC(C)(C1CCC(OCC(=O)N3CC(F)(F)C3)CC1)O2. The zero-order valence-electron chi connectivity index (χ0n) is 23.9. The van der Waals surface area contributed by atoms with Crippen LogP contribution < -0.4 is 20.3 Å². The number of pyridine rings is 1. The van der Waals surface area contributed by atoms with Gasteiger partial charge in [-0.3, -0.25) is 14.4 Å². The summed E-state index contributed by atoms with van der Waals surface area (Å²) in [7, 11) is 0. The van der Waals surface area contributed by atoms with Crippen LogP contribution in [-0.2, 0) is 16.1 Å². The number of halogens is 3. The largest absolute Gasteiger partial charge is 0.448 e. The normalized spacial score (nSPS) is 24.3. The smallest absolute Gasteiger partial charge is 0.282 e. The van der Waals surface area contributed by atoms with Crippen LogP contribution in [0, 0.1) is 19.8 Å². The summed E-state index contributed by atoms with van der Waals surface area (Å²) in [6.07, 6.45) is 4.41. The number of H-pyrrole nitrogens is 1. The number of hydrogen-bond donors (Lipinski definition) is 2. The van der Waals surface area contributed by atoms with Gasteiger partial charge < -0.3 is 29.4 Å². The number of aromatic amines is 1. The van der Waals surface area contributed by atoms with Crippen molar-refractivity contribution in [3.8, 4) is 11.5 Å². The Kier molecular flexibility index (Phi) is 8.52. The maximum absolute atomic E-state index is 13.2. The molecule has 2 N–H and O–H groups in total. The van der Waals surface area contributed by atoms with Gasteiger partial charge in [0.05, 0.1) is 24.2 Å². The third kappa shape index (κ3) is 6.12. The van der Waals surface area contributed by atoms with Crippen molar-refractivity contribution in [3.05, 3.63) is 49.9 Å². The van der Waals surface area contributed by atoms with Crippen LogP contribution in [0.25, 0.3) is 0 Å². The number of aryl methyl sites for hydroxylation is 1. The lowest BCUT2D eigenvalue weighted by Gasteiger charge is -2.39. The molecule has 228 valence electrons. The first-order valence-electron chi connectivity index (χ1n) is 13.8. The monoisotopic (exact) mass is 625 g/mol. The Hall–Kier alpha value is -2.83. The van der Waals surface area contributed by atoms with E-state index >= 15 is 0 Å². The van der Waals surface area contributed by atoms with Gasteiger partial charge in [0.25, 0.3) is 23.2 Å². The van der Waals surface area contributed by atoms with E-state index < -0.39 is 36.6 Å².